The zero-order chi connectivity index (χ0) is 21.3. The maximum atomic E-state index is 13.1. The van der Waals surface area contributed by atoms with E-state index in [2.05, 4.69) is 0 Å². The SMILES string of the molecule is COc1ccc(C(=O)Oc2c(-c3ccc(Cl)cc3Cl)oc3ccccc3c2=O)cc1. The Labute approximate surface area is 181 Å². The molecular formula is C23H14Cl2O5. The van der Waals surface area contributed by atoms with Gasteiger partial charge in [-0.2, -0.15) is 0 Å². The number of rotatable bonds is 4. The highest BCUT2D eigenvalue weighted by atomic mass is 35.5. The molecule has 3 aromatic carbocycles. The zero-order valence-electron chi connectivity index (χ0n) is 15.6. The first kappa shape index (κ1) is 20.0. The van der Waals surface area contributed by atoms with Gasteiger partial charge in [0.25, 0.3) is 0 Å². The van der Waals surface area contributed by atoms with E-state index in [9.17, 15) is 9.59 Å². The first-order valence-corrected chi connectivity index (χ1v) is 9.61. The second-order valence-electron chi connectivity index (χ2n) is 6.33. The van der Waals surface area contributed by atoms with Crippen molar-refractivity contribution in [1.29, 1.82) is 0 Å². The number of hydrogen-bond donors (Lipinski definition) is 0. The fraction of sp³-hybridized carbons (Fsp3) is 0.0435. The summed E-state index contributed by atoms with van der Waals surface area (Å²) in [5.74, 6) is -0.335. The number of fused-ring (bicyclic) bond motifs is 1. The molecule has 0 saturated heterocycles. The van der Waals surface area contributed by atoms with Crippen LogP contribution >= 0.6 is 23.2 Å². The first-order chi connectivity index (χ1) is 14.5. The Morgan fingerprint density at radius 1 is 0.967 bits per heavy atom. The van der Waals surface area contributed by atoms with Crippen LogP contribution in [0.15, 0.2) is 75.9 Å². The zero-order valence-corrected chi connectivity index (χ0v) is 17.2. The molecule has 1 aromatic heterocycles. The van der Waals surface area contributed by atoms with E-state index in [0.717, 1.165) is 0 Å². The Bertz CT molecular complexity index is 1310. The van der Waals surface area contributed by atoms with Crippen LogP contribution in [-0.4, -0.2) is 13.1 Å². The van der Waals surface area contributed by atoms with Gasteiger partial charge in [0.05, 0.1) is 23.1 Å². The first-order valence-electron chi connectivity index (χ1n) is 8.85. The van der Waals surface area contributed by atoms with E-state index >= 15 is 0 Å². The van der Waals surface area contributed by atoms with Crippen LogP contribution in [0.5, 0.6) is 11.5 Å². The standard InChI is InChI=1S/C23H14Cl2O5/c1-28-15-9-6-13(7-10-15)23(27)30-22-20(26)17-4-2-3-5-19(17)29-21(22)16-11-8-14(24)12-18(16)25/h2-12H,1H3. The van der Waals surface area contributed by atoms with Crippen LogP contribution in [0.3, 0.4) is 0 Å². The molecule has 0 unspecified atom stereocenters. The van der Waals surface area contributed by atoms with E-state index in [1.807, 2.05) is 0 Å². The van der Waals surface area contributed by atoms with Crippen LogP contribution in [0.4, 0.5) is 0 Å². The second kappa shape index (κ2) is 8.22. The number of para-hydroxylation sites is 1. The summed E-state index contributed by atoms with van der Waals surface area (Å²) in [6.07, 6.45) is 0. The van der Waals surface area contributed by atoms with Crippen molar-refractivity contribution in [3.8, 4) is 22.8 Å². The largest absolute Gasteiger partial charge is 0.497 e. The van der Waals surface area contributed by atoms with Crippen molar-refractivity contribution in [2.75, 3.05) is 7.11 Å². The molecule has 0 bridgehead atoms. The van der Waals surface area contributed by atoms with Crippen molar-refractivity contribution in [1.82, 2.24) is 0 Å². The van der Waals surface area contributed by atoms with Gasteiger partial charge in [-0.15, -0.1) is 0 Å². The third-order valence-electron chi connectivity index (χ3n) is 4.45. The fourth-order valence-electron chi connectivity index (χ4n) is 2.95. The molecular weight excluding hydrogens is 427 g/mol. The number of halogens is 2. The maximum Gasteiger partial charge on any atom is 0.343 e. The van der Waals surface area contributed by atoms with Crippen LogP contribution < -0.4 is 14.9 Å². The van der Waals surface area contributed by atoms with Crippen molar-refractivity contribution < 1.29 is 18.7 Å². The van der Waals surface area contributed by atoms with Gasteiger partial charge in [0, 0.05) is 10.6 Å². The fourth-order valence-corrected chi connectivity index (χ4v) is 3.44. The molecule has 150 valence electrons. The minimum atomic E-state index is -0.716. The number of esters is 1. The van der Waals surface area contributed by atoms with Gasteiger partial charge < -0.3 is 13.9 Å². The third-order valence-corrected chi connectivity index (χ3v) is 5.00. The van der Waals surface area contributed by atoms with Crippen molar-refractivity contribution in [3.05, 3.63) is 92.6 Å². The number of benzene rings is 3. The monoisotopic (exact) mass is 440 g/mol. The molecule has 0 radical (unpaired) electrons. The second-order valence-corrected chi connectivity index (χ2v) is 7.17. The van der Waals surface area contributed by atoms with Crippen LogP contribution in [0.2, 0.25) is 10.0 Å². The van der Waals surface area contributed by atoms with Gasteiger partial charge in [-0.05, 0) is 54.6 Å². The number of carbonyl (C=O) groups excluding carboxylic acids is 1. The molecule has 0 atom stereocenters. The predicted octanol–water partition coefficient (Wildman–Crippen LogP) is 5.99. The van der Waals surface area contributed by atoms with Crippen LogP contribution in [-0.2, 0) is 0 Å². The van der Waals surface area contributed by atoms with E-state index < -0.39 is 11.4 Å². The summed E-state index contributed by atoms with van der Waals surface area (Å²) in [5, 5.41) is 0.954. The summed E-state index contributed by atoms with van der Waals surface area (Å²) >= 11 is 12.3. The van der Waals surface area contributed by atoms with Crippen LogP contribution in [0, 0.1) is 0 Å². The summed E-state index contributed by atoms with van der Waals surface area (Å²) in [4.78, 5) is 25.9. The summed E-state index contributed by atoms with van der Waals surface area (Å²) in [6.45, 7) is 0. The topological polar surface area (TPSA) is 65.7 Å². The summed E-state index contributed by atoms with van der Waals surface area (Å²) in [5.41, 5.74) is 0.477. The molecule has 1 heterocycles. The molecule has 0 aliphatic rings. The van der Waals surface area contributed by atoms with Gasteiger partial charge in [-0.1, -0.05) is 35.3 Å². The smallest absolute Gasteiger partial charge is 0.343 e. The lowest BCUT2D eigenvalue weighted by Crippen LogP contribution is -2.16. The van der Waals surface area contributed by atoms with E-state index in [4.69, 9.17) is 37.1 Å². The number of methoxy groups -OCH3 is 1. The molecule has 30 heavy (non-hydrogen) atoms. The van der Waals surface area contributed by atoms with Crippen molar-refractivity contribution in [2.24, 2.45) is 0 Å². The molecule has 7 heteroatoms. The lowest BCUT2D eigenvalue weighted by atomic mass is 10.1. The molecule has 5 nitrogen and oxygen atoms in total. The third kappa shape index (κ3) is 3.77. The lowest BCUT2D eigenvalue weighted by Gasteiger charge is -2.12. The Hall–Kier alpha value is -3.28. The van der Waals surface area contributed by atoms with Gasteiger partial charge in [0.15, 0.2) is 5.76 Å². The van der Waals surface area contributed by atoms with Crippen molar-refractivity contribution in [3.63, 3.8) is 0 Å². The summed E-state index contributed by atoms with van der Waals surface area (Å²) in [6, 6.07) is 17.7. The molecule has 0 amide bonds. The minimum absolute atomic E-state index is 0.0437. The van der Waals surface area contributed by atoms with E-state index in [-0.39, 0.29) is 27.5 Å². The molecule has 4 rings (SSSR count). The van der Waals surface area contributed by atoms with Crippen LogP contribution in [0.25, 0.3) is 22.3 Å². The minimum Gasteiger partial charge on any atom is -0.497 e. The van der Waals surface area contributed by atoms with Gasteiger partial charge in [0.2, 0.25) is 11.2 Å². The van der Waals surface area contributed by atoms with Gasteiger partial charge in [0.1, 0.15) is 11.3 Å². The summed E-state index contributed by atoms with van der Waals surface area (Å²) < 4.78 is 16.5. The average Bonchev–Trinajstić information content (AvgIpc) is 2.76. The molecule has 0 fully saturated rings. The Morgan fingerprint density at radius 3 is 2.40 bits per heavy atom. The quantitative estimate of drug-likeness (QED) is 0.364. The molecule has 0 aliphatic carbocycles. The Kier molecular flexibility index (Phi) is 5.48. The van der Waals surface area contributed by atoms with E-state index in [1.165, 1.54) is 13.2 Å². The van der Waals surface area contributed by atoms with Gasteiger partial charge in [-0.25, -0.2) is 4.79 Å². The molecule has 0 aliphatic heterocycles. The van der Waals surface area contributed by atoms with Gasteiger partial charge in [-0.3, -0.25) is 4.79 Å². The normalized spacial score (nSPS) is 10.8. The number of hydrogen-bond acceptors (Lipinski definition) is 5. The van der Waals surface area contributed by atoms with E-state index in [0.29, 0.717) is 21.9 Å². The molecule has 0 N–H and O–H groups in total. The van der Waals surface area contributed by atoms with Gasteiger partial charge >= 0.3 is 5.97 Å². The summed E-state index contributed by atoms with van der Waals surface area (Å²) in [7, 11) is 1.52. The highest BCUT2D eigenvalue weighted by molar-refractivity contribution is 6.36. The van der Waals surface area contributed by atoms with Crippen molar-refractivity contribution in [2.45, 2.75) is 0 Å². The van der Waals surface area contributed by atoms with Crippen LogP contribution in [0.1, 0.15) is 10.4 Å². The highest BCUT2D eigenvalue weighted by Gasteiger charge is 2.23. The van der Waals surface area contributed by atoms with E-state index in [1.54, 1.807) is 60.7 Å². The Morgan fingerprint density at radius 2 is 1.70 bits per heavy atom. The van der Waals surface area contributed by atoms with Crippen molar-refractivity contribution >= 4 is 40.1 Å². The number of carbonyl (C=O) groups is 1. The molecule has 4 aromatic rings. The highest BCUT2D eigenvalue weighted by Crippen LogP contribution is 2.36. The predicted molar refractivity (Wildman–Crippen MR) is 116 cm³/mol. The lowest BCUT2D eigenvalue weighted by molar-refractivity contribution is 0.0731. The maximum absolute atomic E-state index is 13.1. The number of ether oxygens (including phenoxy) is 2. The molecule has 0 spiro atoms. The Balaban J connectivity index is 1.87. The average molecular weight is 441 g/mol. The molecule has 0 saturated carbocycles.